The summed E-state index contributed by atoms with van der Waals surface area (Å²) in [6.07, 6.45) is 8.05. The topological polar surface area (TPSA) is 128 Å². The molecule has 1 aromatic carbocycles. The van der Waals surface area contributed by atoms with Gasteiger partial charge in [0.2, 0.25) is 0 Å². The average molecular weight is 510 g/mol. The zero-order valence-corrected chi connectivity index (χ0v) is 21.9. The fourth-order valence-electron chi connectivity index (χ4n) is 3.67. The largest absolute Gasteiger partial charge is 0.495 e. The highest BCUT2D eigenvalue weighted by Crippen LogP contribution is 2.34. The number of aliphatic imine (C=N–C) groups is 1. The molecule has 1 fully saturated rings. The smallest absolute Gasteiger partial charge is 0.251 e. The predicted molar refractivity (Wildman–Crippen MR) is 141 cm³/mol. The number of hydrogen-bond acceptors (Lipinski definition) is 7. The number of pyridine rings is 1. The van der Waals surface area contributed by atoms with Crippen LogP contribution in [0.5, 0.6) is 5.75 Å². The summed E-state index contributed by atoms with van der Waals surface area (Å²) in [5.74, 6) is 0.519. The molecular formula is C26H31N5O4S. The normalized spacial score (nSPS) is 15.0. The number of imidazole rings is 1. The van der Waals surface area contributed by atoms with Gasteiger partial charge >= 0.3 is 0 Å². The summed E-state index contributed by atoms with van der Waals surface area (Å²) in [6, 6.07) is 7.29. The van der Waals surface area contributed by atoms with Gasteiger partial charge in [0, 0.05) is 41.9 Å². The van der Waals surface area contributed by atoms with E-state index in [1.807, 2.05) is 13.0 Å². The minimum Gasteiger partial charge on any atom is -0.495 e. The van der Waals surface area contributed by atoms with Gasteiger partial charge in [-0.25, -0.2) is 18.4 Å². The summed E-state index contributed by atoms with van der Waals surface area (Å²) in [6.45, 7) is 6.84. The molecule has 3 aromatic rings. The quantitative estimate of drug-likeness (QED) is 0.466. The number of methoxy groups -OCH3 is 1. The minimum absolute atomic E-state index is 0.0549. The van der Waals surface area contributed by atoms with Gasteiger partial charge in [-0.05, 0) is 63.8 Å². The molecule has 0 atom stereocenters. The van der Waals surface area contributed by atoms with Gasteiger partial charge in [0.15, 0.2) is 15.7 Å². The first-order valence-electron chi connectivity index (χ1n) is 11.6. The van der Waals surface area contributed by atoms with Crippen LogP contribution in [0, 0.1) is 6.92 Å². The molecule has 9 nitrogen and oxygen atoms in total. The highest BCUT2D eigenvalue weighted by molar-refractivity contribution is 7.92. The summed E-state index contributed by atoms with van der Waals surface area (Å²) >= 11 is 0. The molecular weight excluding hydrogens is 478 g/mol. The van der Waals surface area contributed by atoms with Gasteiger partial charge in [0.05, 0.1) is 18.1 Å². The number of aromatic nitrogens is 2. The first-order valence-corrected chi connectivity index (χ1v) is 13.1. The number of sulfone groups is 1. The number of fused-ring (bicyclic) bond motifs is 1. The van der Waals surface area contributed by atoms with Gasteiger partial charge in [-0.15, -0.1) is 0 Å². The van der Waals surface area contributed by atoms with Gasteiger partial charge in [0.25, 0.3) is 5.91 Å². The van der Waals surface area contributed by atoms with Crippen molar-refractivity contribution in [3.05, 3.63) is 59.5 Å². The Labute approximate surface area is 211 Å². The van der Waals surface area contributed by atoms with E-state index in [2.05, 4.69) is 15.3 Å². The lowest BCUT2D eigenvalue weighted by atomic mass is 9.99. The van der Waals surface area contributed by atoms with Crippen molar-refractivity contribution in [1.82, 2.24) is 14.7 Å². The van der Waals surface area contributed by atoms with Gasteiger partial charge in [0.1, 0.15) is 16.3 Å². The predicted octanol–water partition coefficient (Wildman–Crippen LogP) is 3.82. The number of allylic oxidation sites excluding steroid dienone is 1. The second-order valence-electron chi connectivity index (χ2n) is 9.82. The van der Waals surface area contributed by atoms with Crippen LogP contribution in [-0.2, 0) is 9.84 Å². The van der Waals surface area contributed by atoms with E-state index in [1.165, 1.54) is 19.5 Å². The zero-order chi connectivity index (χ0) is 26.3. The molecule has 1 aliphatic rings. The van der Waals surface area contributed by atoms with Gasteiger partial charge in [-0.2, -0.15) is 0 Å². The van der Waals surface area contributed by atoms with Crippen LogP contribution in [0.3, 0.4) is 0 Å². The number of carbonyl (C=O) groups excluding carboxylic acids is 1. The van der Waals surface area contributed by atoms with Crippen LogP contribution in [0.4, 0.5) is 5.82 Å². The van der Waals surface area contributed by atoms with E-state index < -0.39 is 14.6 Å². The number of carbonyl (C=O) groups is 1. The Balaban J connectivity index is 1.72. The number of nitrogens with zero attached hydrogens (tertiary/aromatic N) is 3. The lowest BCUT2D eigenvalue weighted by molar-refractivity contribution is 0.0951. The van der Waals surface area contributed by atoms with E-state index >= 15 is 0 Å². The van der Waals surface area contributed by atoms with Crippen molar-refractivity contribution >= 4 is 39.0 Å². The van der Waals surface area contributed by atoms with E-state index in [4.69, 9.17) is 10.5 Å². The molecule has 0 saturated heterocycles. The van der Waals surface area contributed by atoms with Gasteiger partial charge in [-0.1, -0.05) is 6.07 Å². The summed E-state index contributed by atoms with van der Waals surface area (Å²) in [5, 5.41) is 2.99. The molecule has 4 rings (SSSR count). The molecule has 190 valence electrons. The maximum Gasteiger partial charge on any atom is 0.251 e. The van der Waals surface area contributed by atoms with Crippen LogP contribution in [-0.4, -0.2) is 47.8 Å². The molecule has 0 aliphatic heterocycles. The fraction of sp³-hybridized carbons (Fsp3) is 0.346. The lowest BCUT2D eigenvalue weighted by Crippen LogP contribution is -2.28. The van der Waals surface area contributed by atoms with Crippen LogP contribution < -0.4 is 15.8 Å². The molecule has 0 radical (unpaired) electrons. The Hall–Kier alpha value is -3.66. The molecule has 0 spiro atoms. The number of benzene rings is 1. The molecule has 2 heterocycles. The molecule has 3 N–H and O–H groups in total. The van der Waals surface area contributed by atoms with Crippen molar-refractivity contribution in [2.75, 3.05) is 7.11 Å². The Morgan fingerprint density at radius 3 is 2.61 bits per heavy atom. The number of ether oxygens (including phenoxy) is 1. The third-order valence-corrected chi connectivity index (χ3v) is 8.61. The first-order chi connectivity index (χ1) is 17.0. The Bertz CT molecular complexity index is 1490. The van der Waals surface area contributed by atoms with Crippen molar-refractivity contribution in [3.63, 3.8) is 0 Å². The number of hydrogen-bond donors (Lipinski definition) is 2. The second kappa shape index (κ2) is 9.42. The molecule has 1 aliphatic carbocycles. The SMILES string of the molecule is COc1cc2ncc(N=CC(=CN)c3cc(C(=O)NC4CC4)ccc3C)n2cc1S(=O)(=O)C(C)(C)C. The van der Waals surface area contributed by atoms with E-state index in [0.29, 0.717) is 22.6 Å². The second-order valence-corrected chi connectivity index (χ2v) is 12.5. The average Bonchev–Trinajstić information content (AvgIpc) is 3.56. The van der Waals surface area contributed by atoms with Crippen molar-refractivity contribution in [2.24, 2.45) is 10.7 Å². The van der Waals surface area contributed by atoms with Crippen molar-refractivity contribution in [3.8, 4) is 5.75 Å². The number of amides is 1. The lowest BCUT2D eigenvalue weighted by Gasteiger charge is -2.21. The summed E-state index contributed by atoms with van der Waals surface area (Å²) < 4.78 is 32.3. The standard InChI is InChI=1S/C26H31N5O4S/c1-16-6-7-17(25(32)30-19-8-9-19)10-20(16)18(12-27)13-28-24-14-29-23-11-21(35-5)22(15-31(23)24)36(33,34)26(2,3)4/h6-7,10-15,19H,8-9,27H2,1-5H3,(H,30,32). The molecule has 2 aromatic heterocycles. The fourth-order valence-corrected chi connectivity index (χ4v) is 4.98. The number of nitrogens with one attached hydrogen (secondary N) is 1. The number of rotatable bonds is 7. The highest BCUT2D eigenvalue weighted by Gasteiger charge is 2.34. The third kappa shape index (κ3) is 4.86. The molecule has 0 unspecified atom stereocenters. The number of aryl methyl sites for hydroxylation is 1. The van der Waals surface area contributed by atoms with Gasteiger partial charge < -0.3 is 15.8 Å². The summed E-state index contributed by atoms with van der Waals surface area (Å²) in [5.41, 5.74) is 9.29. The molecule has 36 heavy (non-hydrogen) atoms. The highest BCUT2D eigenvalue weighted by atomic mass is 32.2. The van der Waals surface area contributed by atoms with Crippen LogP contribution in [0.2, 0.25) is 0 Å². The summed E-state index contributed by atoms with van der Waals surface area (Å²) in [4.78, 5) is 21.5. The molecule has 0 bridgehead atoms. The summed E-state index contributed by atoms with van der Waals surface area (Å²) in [7, 11) is -2.28. The Kier molecular flexibility index (Phi) is 6.66. The van der Waals surface area contributed by atoms with Crippen LogP contribution in [0.25, 0.3) is 11.2 Å². The third-order valence-electron chi connectivity index (χ3n) is 6.11. The Morgan fingerprint density at radius 1 is 1.28 bits per heavy atom. The van der Waals surface area contributed by atoms with E-state index in [9.17, 15) is 13.2 Å². The van der Waals surface area contributed by atoms with E-state index in [1.54, 1.807) is 55.8 Å². The molecule has 1 amide bonds. The molecule has 10 heteroatoms. The van der Waals surface area contributed by atoms with Crippen molar-refractivity contribution in [2.45, 2.75) is 56.2 Å². The maximum atomic E-state index is 13.2. The van der Waals surface area contributed by atoms with Crippen LogP contribution in [0.15, 0.2) is 52.7 Å². The van der Waals surface area contributed by atoms with E-state index in [-0.39, 0.29) is 22.6 Å². The van der Waals surface area contributed by atoms with E-state index in [0.717, 1.165) is 24.0 Å². The van der Waals surface area contributed by atoms with Crippen LogP contribution in [0.1, 0.15) is 55.1 Å². The molecule has 1 saturated carbocycles. The van der Waals surface area contributed by atoms with Gasteiger partial charge in [-0.3, -0.25) is 9.20 Å². The first kappa shape index (κ1) is 25.4. The van der Waals surface area contributed by atoms with Crippen molar-refractivity contribution in [1.29, 1.82) is 0 Å². The maximum absolute atomic E-state index is 13.2. The minimum atomic E-state index is -3.70. The zero-order valence-electron chi connectivity index (χ0n) is 21.1. The van der Waals surface area contributed by atoms with Crippen molar-refractivity contribution < 1.29 is 17.9 Å². The van der Waals surface area contributed by atoms with Crippen LogP contribution >= 0.6 is 0 Å². The monoisotopic (exact) mass is 509 g/mol. The number of nitrogens with two attached hydrogens (primary N) is 1. The Morgan fingerprint density at radius 2 is 2.00 bits per heavy atom.